The molecule has 0 aliphatic heterocycles. The van der Waals surface area contributed by atoms with E-state index in [4.69, 9.17) is 16.3 Å². The molecule has 114 valence electrons. The lowest BCUT2D eigenvalue weighted by atomic mass is 10.3. The van der Waals surface area contributed by atoms with Crippen molar-refractivity contribution in [3.63, 3.8) is 0 Å². The zero-order valence-corrected chi connectivity index (χ0v) is 12.9. The fourth-order valence-corrected chi connectivity index (χ4v) is 3.10. The molecule has 0 amide bonds. The van der Waals surface area contributed by atoms with Gasteiger partial charge in [-0.05, 0) is 31.0 Å². The van der Waals surface area contributed by atoms with Crippen molar-refractivity contribution in [1.82, 2.24) is 4.72 Å². The Morgan fingerprint density at radius 1 is 1.30 bits per heavy atom. The molecule has 0 heterocycles. The van der Waals surface area contributed by atoms with Crippen LogP contribution in [-0.4, -0.2) is 28.2 Å². The van der Waals surface area contributed by atoms with Crippen LogP contribution in [0.15, 0.2) is 23.1 Å². The number of ether oxygens (including phenoxy) is 1. The lowest BCUT2D eigenvalue weighted by molar-refractivity contribution is 0.130. The molecule has 0 aliphatic carbocycles. The lowest BCUT2D eigenvalue weighted by Crippen LogP contribution is -2.26. The number of rotatable bonds is 9. The van der Waals surface area contributed by atoms with Gasteiger partial charge in [0, 0.05) is 19.8 Å². The Morgan fingerprint density at radius 2 is 2.00 bits per heavy atom. The van der Waals surface area contributed by atoms with E-state index in [0.29, 0.717) is 19.6 Å². The standard InChI is InChI=1S/C13H19ClFNO3S/c1-2-3-8-19-9-4-7-16-20(17,18)13-6-5-11(15)10-12(13)14/h5-6,10,16H,2-4,7-9H2,1H3. The highest BCUT2D eigenvalue weighted by Crippen LogP contribution is 2.21. The van der Waals surface area contributed by atoms with Gasteiger partial charge in [0.15, 0.2) is 0 Å². The van der Waals surface area contributed by atoms with Crippen molar-refractivity contribution < 1.29 is 17.5 Å². The first-order chi connectivity index (χ1) is 9.47. The van der Waals surface area contributed by atoms with Crippen LogP contribution in [0.1, 0.15) is 26.2 Å². The van der Waals surface area contributed by atoms with E-state index in [-0.39, 0.29) is 16.5 Å². The molecule has 0 aromatic heterocycles. The van der Waals surface area contributed by atoms with E-state index >= 15 is 0 Å². The smallest absolute Gasteiger partial charge is 0.242 e. The third kappa shape index (κ3) is 5.75. The molecule has 1 rings (SSSR count). The molecule has 0 unspecified atom stereocenters. The number of nitrogens with one attached hydrogen (secondary N) is 1. The monoisotopic (exact) mass is 323 g/mol. The van der Waals surface area contributed by atoms with Gasteiger partial charge in [0.2, 0.25) is 10.0 Å². The molecular formula is C13H19ClFNO3S. The highest BCUT2D eigenvalue weighted by Gasteiger charge is 2.17. The molecule has 0 atom stereocenters. The van der Waals surface area contributed by atoms with Gasteiger partial charge in [0.05, 0.1) is 5.02 Å². The zero-order chi connectivity index (χ0) is 15.0. The van der Waals surface area contributed by atoms with E-state index < -0.39 is 15.8 Å². The Hall–Kier alpha value is -0.690. The van der Waals surface area contributed by atoms with E-state index in [1.807, 2.05) is 0 Å². The van der Waals surface area contributed by atoms with Crippen molar-refractivity contribution in [2.24, 2.45) is 0 Å². The minimum atomic E-state index is -3.71. The lowest BCUT2D eigenvalue weighted by Gasteiger charge is -2.08. The quantitative estimate of drug-likeness (QED) is 0.711. The summed E-state index contributed by atoms with van der Waals surface area (Å²) in [5.41, 5.74) is 0. The van der Waals surface area contributed by atoms with Gasteiger partial charge in [-0.1, -0.05) is 24.9 Å². The topological polar surface area (TPSA) is 55.4 Å². The molecule has 0 saturated carbocycles. The SMILES string of the molecule is CCCCOCCCNS(=O)(=O)c1ccc(F)cc1Cl. The van der Waals surface area contributed by atoms with Crippen LogP contribution in [-0.2, 0) is 14.8 Å². The molecule has 7 heteroatoms. The normalized spacial score (nSPS) is 11.8. The first-order valence-corrected chi connectivity index (χ1v) is 8.36. The van der Waals surface area contributed by atoms with Crippen LogP contribution in [0.5, 0.6) is 0 Å². The van der Waals surface area contributed by atoms with Crippen LogP contribution in [0.25, 0.3) is 0 Å². The first-order valence-electron chi connectivity index (χ1n) is 6.50. The molecular weight excluding hydrogens is 305 g/mol. The molecule has 1 N–H and O–H groups in total. The van der Waals surface area contributed by atoms with Crippen LogP contribution in [0.2, 0.25) is 5.02 Å². The fourth-order valence-electron chi connectivity index (χ4n) is 1.50. The molecule has 4 nitrogen and oxygen atoms in total. The summed E-state index contributed by atoms with van der Waals surface area (Å²) < 4.78 is 44.5. The third-order valence-electron chi connectivity index (χ3n) is 2.58. The summed E-state index contributed by atoms with van der Waals surface area (Å²) in [6.07, 6.45) is 2.63. The first kappa shape index (κ1) is 17.4. The summed E-state index contributed by atoms with van der Waals surface area (Å²) in [4.78, 5) is -0.118. The van der Waals surface area contributed by atoms with Crippen LogP contribution in [0.3, 0.4) is 0 Å². The van der Waals surface area contributed by atoms with Gasteiger partial charge < -0.3 is 4.74 Å². The van der Waals surface area contributed by atoms with Gasteiger partial charge in [-0.15, -0.1) is 0 Å². The Kier molecular flexibility index (Phi) is 7.43. The molecule has 20 heavy (non-hydrogen) atoms. The third-order valence-corrected chi connectivity index (χ3v) is 4.53. The molecule has 0 spiro atoms. The maximum atomic E-state index is 12.9. The molecule has 1 aromatic rings. The largest absolute Gasteiger partial charge is 0.381 e. The second kappa shape index (κ2) is 8.56. The van der Waals surface area contributed by atoms with E-state index in [0.717, 1.165) is 31.0 Å². The van der Waals surface area contributed by atoms with Gasteiger partial charge in [0.25, 0.3) is 0 Å². The predicted molar refractivity (Wildman–Crippen MR) is 76.9 cm³/mol. The van der Waals surface area contributed by atoms with E-state index in [2.05, 4.69) is 11.6 Å². The van der Waals surface area contributed by atoms with E-state index in [1.165, 1.54) is 0 Å². The summed E-state index contributed by atoms with van der Waals surface area (Å²) in [5.74, 6) is -0.571. The summed E-state index contributed by atoms with van der Waals surface area (Å²) >= 11 is 5.73. The van der Waals surface area contributed by atoms with Crippen molar-refractivity contribution in [3.05, 3.63) is 29.0 Å². The van der Waals surface area contributed by atoms with Crippen molar-refractivity contribution in [2.75, 3.05) is 19.8 Å². The average molecular weight is 324 g/mol. The predicted octanol–water partition coefficient (Wildman–Crippen LogP) is 2.96. The Bertz CT molecular complexity index is 522. The van der Waals surface area contributed by atoms with Gasteiger partial charge >= 0.3 is 0 Å². The Balaban J connectivity index is 2.42. The van der Waals surface area contributed by atoms with Gasteiger partial charge in [-0.3, -0.25) is 0 Å². The Morgan fingerprint density at radius 3 is 2.65 bits per heavy atom. The maximum absolute atomic E-state index is 12.9. The molecule has 0 saturated heterocycles. The number of sulfonamides is 1. The highest BCUT2D eigenvalue weighted by molar-refractivity contribution is 7.89. The van der Waals surface area contributed by atoms with Crippen LogP contribution >= 0.6 is 11.6 Å². The zero-order valence-electron chi connectivity index (χ0n) is 11.4. The maximum Gasteiger partial charge on any atom is 0.242 e. The van der Waals surface area contributed by atoms with Gasteiger partial charge in [0.1, 0.15) is 10.7 Å². The Labute approximate surface area is 124 Å². The van der Waals surface area contributed by atoms with Gasteiger partial charge in [-0.2, -0.15) is 0 Å². The number of hydrogen-bond acceptors (Lipinski definition) is 3. The van der Waals surface area contributed by atoms with Crippen LogP contribution < -0.4 is 4.72 Å². The van der Waals surface area contributed by atoms with Crippen molar-refractivity contribution >= 4 is 21.6 Å². The minimum absolute atomic E-state index is 0.118. The minimum Gasteiger partial charge on any atom is -0.381 e. The van der Waals surface area contributed by atoms with Crippen LogP contribution in [0.4, 0.5) is 4.39 Å². The molecule has 0 radical (unpaired) electrons. The van der Waals surface area contributed by atoms with Crippen molar-refractivity contribution in [2.45, 2.75) is 31.1 Å². The van der Waals surface area contributed by atoms with E-state index in [1.54, 1.807) is 0 Å². The van der Waals surface area contributed by atoms with E-state index in [9.17, 15) is 12.8 Å². The molecule has 0 fully saturated rings. The van der Waals surface area contributed by atoms with Crippen LogP contribution in [0, 0.1) is 5.82 Å². The molecule has 0 aliphatic rings. The second-order valence-electron chi connectivity index (χ2n) is 4.29. The highest BCUT2D eigenvalue weighted by atomic mass is 35.5. The summed E-state index contributed by atoms with van der Waals surface area (Å²) in [6.45, 7) is 3.51. The fraction of sp³-hybridized carbons (Fsp3) is 0.538. The van der Waals surface area contributed by atoms with Crippen molar-refractivity contribution in [1.29, 1.82) is 0 Å². The summed E-state index contributed by atoms with van der Waals surface area (Å²) in [5, 5.41) is -0.128. The number of halogens is 2. The average Bonchev–Trinajstić information content (AvgIpc) is 2.37. The van der Waals surface area contributed by atoms with Gasteiger partial charge in [-0.25, -0.2) is 17.5 Å². The number of benzene rings is 1. The molecule has 0 bridgehead atoms. The number of hydrogen-bond donors (Lipinski definition) is 1. The summed E-state index contributed by atoms with van der Waals surface area (Å²) in [7, 11) is -3.71. The second-order valence-corrected chi connectivity index (χ2v) is 6.43. The summed E-state index contributed by atoms with van der Waals surface area (Å²) in [6, 6.07) is 3.19. The van der Waals surface area contributed by atoms with Crippen molar-refractivity contribution in [3.8, 4) is 0 Å². The number of unbranched alkanes of at least 4 members (excludes halogenated alkanes) is 1. The molecule has 1 aromatic carbocycles.